The van der Waals surface area contributed by atoms with E-state index in [1.54, 1.807) is 5.32 Å². The standard InChI is InChI=1S/C9H16F4N2O/c1-3-6(2)14-4-7(16)15-5-9(12,13)8(10)11/h6,8,14H,3-5H2,1-2H3,(H,15,16). The van der Waals surface area contributed by atoms with E-state index in [9.17, 15) is 22.4 Å². The van der Waals surface area contributed by atoms with Gasteiger partial charge in [0.05, 0.1) is 13.1 Å². The van der Waals surface area contributed by atoms with Crippen LogP contribution < -0.4 is 10.6 Å². The van der Waals surface area contributed by atoms with Crippen LogP contribution in [0.2, 0.25) is 0 Å². The van der Waals surface area contributed by atoms with Crippen molar-refractivity contribution in [2.75, 3.05) is 13.1 Å². The van der Waals surface area contributed by atoms with Crippen molar-refractivity contribution in [2.45, 2.75) is 38.7 Å². The first-order chi connectivity index (χ1) is 7.29. The molecular weight excluding hydrogens is 228 g/mol. The van der Waals surface area contributed by atoms with Crippen LogP contribution in [0.25, 0.3) is 0 Å². The second-order valence-corrected chi connectivity index (χ2v) is 3.53. The van der Waals surface area contributed by atoms with Gasteiger partial charge in [0.2, 0.25) is 5.91 Å². The Balaban J connectivity index is 3.82. The monoisotopic (exact) mass is 244 g/mol. The van der Waals surface area contributed by atoms with Crippen LogP contribution in [0.3, 0.4) is 0 Å². The van der Waals surface area contributed by atoms with Crippen LogP contribution in [0.4, 0.5) is 17.6 Å². The van der Waals surface area contributed by atoms with Crippen molar-refractivity contribution in [3.8, 4) is 0 Å². The number of rotatable bonds is 7. The Kier molecular flexibility index (Phi) is 6.32. The van der Waals surface area contributed by atoms with E-state index >= 15 is 0 Å². The molecule has 96 valence electrons. The number of hydrogen-bond donors (Lipinski definition) is 2. The van der Waals surface area contributed by atoms with Crippen LogP contribution in [-0.2, 0) is 4.79 Å². The Morgan fingerprint density at radius 1 is 1.38 bits per heavy atom. The third-order valence-electron chi connectivity index (χ3n) is 2.06. The zero-order valence-electron chi connectivity index (χ0n) is 9.20. The molecule has 0 spiro atoms. The van der Waals surface area contributed by atoms with Crippen LogP contribution >= 0.6 is 0 Å². The second kappa shape index (κ2) is 6.67. The number of carbonyl (C=O) groups is 1. The predicted octanol–water partition coefficient (Wildman–Crippen LogP) is 1.39. The molecule has 1 atom stereocenters. The van der Waals surface area contributed by atoms with Crippen LogP contribution in [0.1, 0.15) is 20.3 Å². The summed E-state index contributed by atoms with van der Waals surface area (Å²) in [6, 6.07) is 0.0707. The van der Waals surface area contributed by atoms with E-state index in [1.807, 2.05) is 13.8 Å². The fraction of sp³-hybridized carbons (Fsp3) is 0.889. The molecule has 0 fully saturated rings. The number of amides is 1. The van der Waals surface area contributed by atoms with E-state index in [-0.39, 0.29) is 12.6 Å². The van der Waals surface area contributed by atoms with E-state index in [4.69, 9.17) is 0 Å². The van der Waals surface area contributed by atoms with Crippen molar-refractivity contribution in [2.24, 2.45) is 0 Å². The number of alkyl halides is 4. The highest BCUT2D eigenvalue weighted by molar-refractivity contribution is 5.78. The lowest BCUT2D eigenvalue weighted by Gasteiger charge is -2.16. The minimum atomic E-state index is -4.17. The molecule has 0 aromatic rings. The zero-order valence-corrected chi connectivity index (χ0v) is 9.20. The molecule has 0 aromatic heterocycles. The largest absolute Gasteiger partial charge is 0.349 e. The van der Waals surface area contributed by atoms with Gasteiger partial charge in [-0.15, -0.1) is 0 Å². The van der Waals surface area contributed by atoms with Crippen molar-refractivity contribution >= 4 is 5.91 Å². The highest BCUT2D eigenvalue weighted by atomic mass is 19.3. The van der Waals surface area contributed by atoms with Gasteiger partial charge < -0.3 is 10.6 Å². The molecule has 1 unspecified atom stereocenters. The molecule has 0 aromatic carbocycles. The summed E-state index contributed by atoms with van der Waals surface area (Å²) in [5, 5.41) is 4.51. The summed E-state index contributed by atoms with van der Waals surface area (Å²) < 4.78 is 48.2. The molecule has 3 nitrogen and oxygen atoms in total. The molecule has 16 heavy (non-hydrogen) atoms. The first-order valence-electron chi connectivity index (χ1n) is 4.95. The molecule has 1 amide bonds. The topological polar surface area (TPSA) is 41.1 Å². The summed E-state index contributed by atoms with van der Waals surface area (Å²) in [5.74, 6) is -4.90. The smallest absolute Gasteiger partial charge is 0.324 e. The number of carbonyl (C=O) groups excluding carboxylic acids is 1. The Morgan fingerprint density at radius 2 is 1.94 bits per heavy atom. The molecule has 0 heterocycles. The fourth-order valence-electron chi connectivity index (χ4n) is 0.767. The molecule has 0 aliphatic rings. The normalized spacial score (nSPS) is 13.9. The van der Waals surface area contributed by atoms with Crippen molar-refractivity contribution < 1.29 is 22.4 Å². The fourth-order valence-corrected chi connectivity index (χ4v) is 0.767. The Bertz CT molecular complexity index is 224. The van der Waals surface area contributed by atoms with Crippen molar-refractivity contribution in [3.05, 3.63) is 0 Å². The van der Waals surface area contributed by atoms with Crippen molar-refractivity contribution in [1.29, 1.82) is 0 Å². The molecule has 0 rings (SSSR count). The summed E-state index contributed by atoms with van der Waals surface area (Å²) in [5.41, 5.74) is 0. The Morgan fingerprint density at radius 3 is 2.38 bits per heavy atom. The molecule has 7 heteroatoms. The lowest BCUT2D eigenvalue weighted by atomic mass is 10.2. The van der Waals surface area contributed by atoms with E-state index in [0.29, 0.717) is 0 Å². The molecule has 0 aliphatic carbocycles. The van der Waals surface area contributed by atoms with Gasteiger partial charge in [-0.1, -0.05) is 6.92 Å². The van der Waals surface area contributed by atoms with E-state index in [0.717, 1.165) is 6.42 Å². The summed E-state index contributed by atoms with van der Waals surface area (Å²) in [6.45, 7) is 2.21. The van der Waals surface area contributed by atoms with Gasteiger partial charge in [-0.25, -0.2) is 8.78 Å². The Hall–Kier alpha value is -0.850. The van der Waals surface area contributed by atoms with Gasteiger partial charge in [0, 0.05) is 6.04 Å². The van der Waals surface area contributed by atoms with Gasteiger partial charge in [-0.05, 0) is 13.3 Å². The van der Waals surface area contributed by atoms with Gasteiger partial charge in [-0.3, -0.25) is 4.79 Å². The minimum absolute atomic E-state index is 0.0707. The van der Waals surface area contributed by atoms with E-state index < -0.39 is 24.8 Å². The van der Waals surface area contributed by atoms with E-state index in [1.165, 1.54) is 0 Å². The second-order valence-electron chi connectivity index (χ2n) is 3.53. The van der Waals surface area contributed by atoms with Crippen molar-refractivity contribution in [1.82, 2.24) is 10.6 Å². The molecular formula is C9H16F4N2O. The molecule has 0 aliphatic heterocycles. The summed E-state index contributed by atoms with van der Waals surface area (Å²) in [6.07, 6.45) is -2.99. The SMILES string of the molecule is CCC(C)NCC(=O)NCC(F)(F)C(F)F. The molecule has 0 radical (unpaired) electrons. The first kappa shape index (κ1) is 15.2. The van der Waals surface area contributed by atoms with Crippen LogP contribution in [0, 0.1) is 0 Å². The highest BCUT2D eigenvalue weighted by Crippen LogP contribution is 2.21. The van der Waals surface area contributed by atoms with Gasteiger partial charge in [0.15, 0.2) is 0 Å². The van der Waals surface area contributed by atoms with Crippen LogP contribution in [0.5, 0.6) is 0 Å². The quantitative estimate of drug-likeness (QED) is 0.664. The molecule has 0 bridgehead atoms. The maximum atomic E-state index is 12.4. The van der Waals surface area contributed by atoms with Crippen LogP contribution in [0.15, 0.2) is 0 Å². The predicted molar refractivity (Wildman–Crippen MR) is 51.7 cm³/mol. The van der Waals surface area contributed by atoms with Crippen molar-refractivity contribution in [3.63, 3.8) is 0 Å². The molecule has 2 N–H and O–H groups in total. The summed E-state index contributed by atoms with van der Waals surface area (Å²) in [4.78, 5) is 11.0. The van der Waals surface area contributed by atoms with E-state index in [2.05, 4.69) is 5.32 Å². The van der Waals surface area contributed by atoms with Crippen LogP contribution in [-0.4, -0.2) is 37.4 Å². The molecule has 0 saturated carbocycles. The summed E-state index contributed by atoms with van der Waals surface area (Å²) >= 11 is 0. The van der Waals surface area contributed by atoms with Gasteiger partial charge in [-0.2, -0.15) is 8.78 Å². The Labute approximate surface area is 91.6 Å². The lowest BCUT2D eigenvalue weighted by molar-refractivity contribution is -0.136. The summed E-state index contributed by atoms with van der Waals surface area (Å²) in [7, 11) is 0. The number of hydrogen-bond acceptors (Lipinski definition) is 2. The van der Waals surface area contributed by atoms with Gasteiger partial charge in [0.25, 0.3) is 0 Å². The van der Waals surface area contributed by atoms with Gasteiger partial charge >= 0.3 is 12.3 Å². The lowest BCUT2D eigenvalue weighted by Crippen LogP contribution is -2.45. The average molecular weight is 244 g/mol. The average Bonchev–Trinajstić information content (AvgIpc) is 2.22. The van der Waals surface area contributed by atoms with Gasteiger partial charge in [0.1, 0.15) is 0 Å². The highest BCUT2D eigenvalue weighted by Gasteiger charge is 2.40. The number of halogens is 4. The first-order valence-corrected chi connectivity index (χ1v) is 4.95. The third-order valence-corrected chi connectivity index (χ3v) is 2.06. The maximum absolute atomic E-state index is 12.4. The number of nitrogens with one attached hydrogen (secondary N) is 2. The third kappa shape index (κ3) is 5.89. The maximum Gasteiger partial charge on any atom is 0.324 e. The zero-order chi connectivity index (χ0) is 12.8. The minimum Gasteiger partial charge on any atom is -0.349 e. The molecule has 0 saturated heterocycles.